The van der Waals surface area contributed by atoms with Gasteiger partial charge in [0.25, 0.3) is 0 Å². The summed E-state index contributed by atoms with van der Waals surface area (Å²) in [6, 6.07) is 20.9. The first-order chi connectivity index (χ1) is 12.2. The zero-order chi connectivity index (χ0) is 17.2. The van der Waals surface area contributed by atoms with Crippen LogP contribution in [-0.2, 0) is 6.61 Å². The van der Waals surface area contributed by atoms with Crippen molar-refractivity contribution in [3.63, 3.8) is 0 Å². The van der Waals surface area contributed by atoms with Gasteiger partial charge in [-0.1, -0.05) is 36.4 Å². The van der Waals surface area contributed by atoms with Crippen molar-refractivity contribution in [1.29, 1.82) is 0 Å². The fourth-order valence-corrected chi connectivity index (χ4v) is 2.93. The van der Waals surface area contributed by atoms with Crippen molar-refractivity contribution in [2.45, 2.75) is 6.61 Å². The van der Waals surface area contributed by atoms with Crippen molar-refractivity contribution in [2.75, 3.05) is 7.11 Å². The van der Waals surface area contributed by atoms with Crippen molar-refractivity contribution in [3.05, 3.63) is 82.7 Å². The molecule has 0 N–H and O–H groups in total. The van der Waals surface area contributed by atoms with Crippen LogP contribution in [0.2, 0.25) is 0 Å². The molecule has 25 heavy (non-hydrogen) atoms. The van der Waals surface area contributed by atoms with Crippen LogP contribution < -0.4 is 15.1 Å². The molecule has 4 heteroatoms. The maximum Gasteiger partial charge on any atom is 0.336 e. The number of hydrogen-bond acceptors (Lipinski definition) is 4. The van der Waals surface area contributed by atoms with Crippen LogP contribution in [0.1, 0.15) is 5.56 Å². The van der Waals surface area contributed by atoms with Crippen molar-refractivity contribution < 1.29 is 13.9 Å². The molecule has 4 nitrogen and oxygen atoms in total. The van der Waals surface area contributed by atoms with Gasteiger partial charge in [0.2, 0.25) is 0 Å². The fourth-order valence-electron chi connectivity index (χ4n) is 2.93. The average molecular weight is 332 g/mol. The lowest BCUT2D eigenvalue weighted by atomic mass is 10.1. The molecule has 0 fully saturated rings. The predicted octanol–water partition coefficient (Wildman–Crippen LogP) is 4.53. The number of methoxy groups -OCH3 is 1. The van der Waals surface area contributed by atoms with E-state index in [0.717, 1.165) is 27.5 Å². The molecule has 0 saturated carbocycles. The third-order valence-electron chi connectivity index (χ3n) is 4.17. The van der Waals surface area contributed by atoms with Crippen LogP contribution in [0, 0.1) is 0 Å². The lowest BCUT2D eigenvalue weighted by Crippen LogP contribution is -2.04. The first-order valence-corrected chi connectivity index (χ1v) is 7.96. The minimum Gasteiger partial charge on any atom is -0.497 e. The molecule has 0 aliphatic heterocycles. The highest BCUT2D eigenvalue weighted by Crippen LogP contribution is 2.27. The maximum atomic E-state index is 11.9. The summed E-state index contributed by atoms with van der Waals surface area (Å²) in [4.78, 5) is 11.9. The Labute approximate surface area is 144 Å². The fraction of sp³-hybridized carbons (Fsp3) is 0.0952. The predicted molar refractivity (Wildman–Crippen MR) is 97.3 cm³/mol. The SMILES string of the molecule is COc1ccc2c(COc3cccc4ccccc34)cc(=O)oc2c1. The van der Waals surface area contributed by atoms with Crippen molar-refractivity contribution in [1.82, 2.24) is 0 Å². The van der Waals surface area contributed by atoms with Gasteiger partial charge in [0.05, 0.1) is 7.11 Å². The quantitative estimate of drug-likeness (QED) is 0.515. The molecule has 0 amide bonds. The van der Waals surface area contributed by atoms with Crippen LogP contribution in [0.4, 0.5) is 0 Å². The van der Waals surface area contributed by atoms with E-state index >= 15 is 0 Å². The van der Waals surface area contributed by atoms with Gasteiger partial charge >= 0.3 is 5.63 Å². The normalized spacial score (nSPS) is 10.9. The average Bonchev–Trinajstić information content (AvgIpc) is 2.65. The Morgan fingerprint density at radius 3 is 2.64 bits per heavy atom. The molecule has 4 rings (SSSR count). The van der Waals surface area contributed by atoms with E-state index in [2.05, 4.69) is 0 Å². The monoisotopic (exact) mass is 332 g/mol. The van der Waals surface area contributed by atoms with Gasteiger partial charge in [-0.05, 0) is 23.6 Å². The molecule has 0 atom stereocenters. The summed E-state index contributed by atoms with van der Waals surface area (Å²) in [6.07, 6.45) is 0. The lowest BCUT2D eigenvalue weighted by Gasteiger charge is -2.11. The van der Waals surface area contributed by atoms with E-state index in [1.807, 2.05) is 54.6 Å². The van der Waals surface area contributed by atoms with E-state index in [1.54, 1.807) is 13.2 Å². The Morgan fingerprint density at radius 2 is 1.76 bits per heavy atom. The van der Waals surface area contributed by atoms with Gasteiger partial charge < -0.3 is 13.9 Å². The molecule has 1 heterocycles. The molecule has 1 aromatic heterocycles. The number of fused-ring (bicyclic) bond motifs is 2. The van der Waals surface area contributed by atoms with Gasteiger partial charge in [-0.25, -0.2) is 4.79 Å². The Kier molecular flexibility index (Phi) is 3.86. The van der Waals surface area contributed by atoms with E-state index in [-0.39, 0.29) is 6.61 Å². The van der Waals surface area contributed by atoms with Gasteiger partial charge in [0.15, 0.2) is 0 Å². The topological polar surface area (TPSA) is 48.7 Å². The number of benzene rings is 3. The molecule has 0 unspecified atom stereocenters. The minimum absolute atomic E-state index is 0.280. The molecule has 0 radical (unpaired) electrons. The third-order valence-corrected chi connectivity index (χ3v) is 4.17. The molecular weight excluding hydrogens is 316 g/mol. The summed E-state index contributed by atoms with van der Waals surface area (Å²) in [5, 5.41) is 2.99. The summed E-state index contributed by atoms with van der Waals surface area (Å²) < 4.78 is 16.5. The standard InChI is InChI=1S/C21H16O4/c1-23-16-9-10-18-15(11-21(22)25-20(18)12-16)13-24-19-8-4-6-14-5-2-3-7-17(14)19/h2-12H,13H2,1H3. The van der Waals surface area contributed by atoms with E-state index in [1.165, 1.54) is 6.07 Å². The Bertz CT molecular complexity index is 1110. The highest BCUT2D eigenvalue weighted by atomic mass is 16.5. The van der Waals surface area contributed by atoms with E-state index < -0.39 is 5.63 Å². The van der Waals surface area contributed by atoms with Gasteiger partial charge in [-0.2, -0.15) is 0 Å². The second-order valence-electron chi connectivity index (χ2n) is 5.72. The Morgan fingerprint density at radius 1 is 0.920 bits per heavy atom. The summed E-state index contributed by atoms with van der Waals surface area (Å²) in [7, 11) is 1.58. The number of ether oxygens (including phenoxy) is 2. The zero-order valence-electron chi connectivity index (χ0n) is 13.7. The number of hydrogen-bond donors (Lipinski definition) is 0. The smallest absolute Gasteiger partial charge is 0.336 e. The molecule has 0 spiro atoms. The van der Waals surface area contributed by atoms with Crippen LogP contribution >= 0.6 is 0 Å². The van der Waals surface area contributed by atoms with Crippen molar-refractivity contribution in [3.8, 4) is 11.5 Å². The first-order valence-electron chi connectivity index (χ1n) is 7.96. The molecule has 3 aromatic carbocycles. The molecule has 0 aliphatic rings. The zero-order valence-corrected chi connectivity index (χ0v) is 13.7. The highest BCUT2D eigenvalue weighted by molar-refractivity contribution is 5.88. The van der Waals surface area contributed by atoms with Crippen LogP contribution in [0.15, 0.2) is 75.9 Å². The third kappa shape index (κ3) is 2.94. The second-order valence-corrected chi connectivity index (χ2v) is 5.72. The van der Waals surface area contributed by atoms with Crippen LogP contribution in [-0.4, -0.2) is 7.11 Å². The van der Waals surface area contributed by atoms with E-state index in [0.29, 0.717) is 11.3 Å². The lowest BCUT2D eigenvalue weighted by molar-refractivity contribution is 0.310. The molecule has 124 valence electrons. The summed E-state index contributed by atoms with van der Waals surface area (Å²) >= 11 is 0. The highest BCUT2D eigenvalue weighted by Gasteiger charge is 2.09. The molecule has 0 bridgehead atoms. The largest absolute Gasteiger partial charge is 0.497 e. The van der Waals surface area contributed by atoms with Gasteiger partial charge in [-0.3, -0.25) is 0 Å². The summed E-state index contributed by atoms with van der Waals surface area (Å²) in [5.74, 6) is 1.43. The number of rotatable bonds is 4. The van der Waals surface area contributed by atoms with Crippen LogP contribution in [0.25, 0.3) is 21.7 Å². The van der Waals surface area contributed by atoms with Gasteiger partial charge in [0, 0.05) is 28.5 Å². The molecular formula is C21H16O4. The van der Waals surface area contributed by atoms with Crippen LogP contribution in [0.5, 0.6) is 11.5 Å². The Hall–Kier alpha value is -3.27. The van der Waals surface area contributed by atoms with E-state index in [9.17, 15) is 4.79 Å². The summed E-state index contributed by atoms with van der Waals surface area (Å²) in [6.45, 7) is 0.280. The first kappa shape index (κ1) is 15.3. The van der Waals surface area contributed by atoms with Crippen LogP contribution in [0.3, 0.4) is 0 Å². The van der Waals surface area contributed by atoms with Crippen molar-refractivity contribution in [2.24, 2.45) is 0 Å². The summed E-state index contributed by atoms with van der Waals surface area (Å²) in [5.41, 5.74) is 0.863. The van der Waals surface area contributed by atoms with Gasteiger partial charge in [-0.15, -0.1) is 0 Å². The van der Waals surface area contributed by atoms with E-state index in [4.69, 9.17) is 13.9 Å². The molecule has 0 saturated heterocycles. The Balaban J connectivity index is 1.72. The molecule has 4 aromatic rings. The molecule has 0 aliphatic carbocycles. The second kappa shape index (κ2) is 6.32. The van der Waals surface area contributed by atoms with Crippen molar-refractivity contribution >= 4 is 21.7 Å². The van der Waals surface area contributed by atoms with Gasteiger partial charge in [0.1, 0.15) is 23.7 Å². The minimum atomic E-state index is -0.405. The maximum absolute atomic E-state index is 11.9.